The molecule has 0 saturated carbocycles. The molecule has 0 fully saturated rings. The SMILES string of the molecule is CCCCCCCCCCCCc1cccc(S(=O)(=O)OC)c1. The van der Waals surface area contributed by atoms with Crippen LogP contribution in [0.2, 0.25) is 0 Å². The molecule has 23 heavy (non-hydrogen) atoms. The number of benzene rings is 1. The molecule has 0 spiro atoms. The summed E-state index contributed by atoms with van der Waals surface area (Å²) in [5.41, 5.74) is 1.07. The van der Waals surface area contributed by atoms with Crippen LogP contribution in [0.15, 0.2) is 29.2 Å². The van der Waals surface area contributed by atoms with Gasteiger partial charge in [0.05, 0.1) is 12.0 Å². The minimum absolute atomic E-state index is 0.254. The van der Waals surface area contributed by atoms with E-state index in [0.29, 0.717) is 0 Å². The second kappa shape index (κ2) is 11.6. The Bertz CT molecular complexity index is 523. The van der Waals surface area contributed by atoms with E-state index < -0.39 is 10.1 Å². The molecule has 3 nitrogen and oxygen atoms in total. The monoisotopic (exact) mass is 340 g/mol. The Balaban J connectivity index is 2.16. The van der Waals surface area contributed by atoms with Crippen molar-refractivity contribution in [3.8, 4) is 0 Å². The van der Waals surface area contributed by atoms with Gasteiger partial charge in [-0.3, -0.25) is 4.18 Å². The molecule has 0 aromatic heterocycles. The number of rotatable bonds is 13. The van der Waals surface area contributed by atoms with Crippen LogP contribution in [0.3, 0.4) is 0 Å². The molecule has 0 unspecified atom stereocenters. The summed E-state index contributed by atoms with van der Waals surface area (Å²) in [5.74, 6) is 0. The Labute approximate surface area is 142 Å². The van der Waals surface area contributed by atoms with Gasteiger partial charge in [-0.1, -0.05) is 76.8 Å². The highest BCUT2D eigenvalue weighted by Crippen LogP contribution is 2.16. The zero-order valence-electron chi connectivity index (χ0n) is 14.7. The topological polar surface area (TPSA) is 43.4 Å². The van der Waals surface area contributed by atoms with Crippen molar-refractivity contribution in [2.45, 2.75) is 82.4 Å². The third-order valence-electron chi connectivity index (χ3n) is 4.23. The molecule has 4 heteroatoms. The molecule has 0 N–H and O–H groups in total. The molecule has 132 valence electrons. The fourth-order valence-corrected chi connectivity index (χ4v) is 3.50. The summed E-state index contributed by atoms with van der Waals surface area (Å²) < 4.78 is 27.9. The molecule has 0 radical (unpaired) electrons. The van der Waals surface area contributed by atoms with Crippen molar-refractivity contribution in [1.29, 1.82) is 0 Å². The van der Waals surface area contributed by atoms with E-state index in [1.807, 2.05) is 6.07 Å². The molecule has 0 bridgehead atoms. The number of hydrogen-bond donors (Lipinski definition) is 0. The third-order valence-corrected chi connectivity index (χ3v) is 5.50. The van der Waals surface area contributed by atoms with E-state index in [9.17, 15) is 8.42 Å². The zero-order valence-corrected chi connectivity index (χ0v) is 15.5. The van der Waals surface area contributed by atoms with E-state index in [-0.39, 0.29) is 4.90 Å². The Morgan fingerprint density at radius 1 is 0.870 bits per heavy atom. The summed E-state index contributed by atoms with van der Waals surface area (Å²) in [6.07, 6.45) is 14.1. The smallest absolute Gasteiger partial charge is 0.270 e. The summed E-state index contributed by atoms with van der Waals surface area (Å²) in [6.45, 7) is 2.25. The molecule has 0 aliphatic rings. The summed E-state index contributed by atoms with van der Waals surface area (Å²) in [7, 11) is -2.37. The standard InChI is InChI=1S/C19H32O3S/c1-3-4-5-6-7-8-9-10-11-12-14-18-15-13-16-19(17-18)23(20,21)22-2/h13,15-17H,3-12,14H2,1-2H3. The van der Waals surface area contributed by atoms with Crippen LogP contribution in [0.1, 0.15) is 76.7 Å². The van der Waals surface area contributed by atoms with Crippen molar-refractivity contribution in [1.82, 2.24) is 0 Å². The van der Waals surface area contributed by atoms with E-state index in [1.165, 1.54) is 64.9 Å². The van der Waals surface area contributed by atoms with Crippen LogP contribution in [-0.2, 0) is 20.7 Å². The molecular formula is C19H32O3S. The first kappa shape index (κ1) is 20.2. The van der Waals surface area contributed by atoms with Crippen LogP contribution in [0.4, 0.5) is 0 Å². The minimum Gasteiger partial charge on any atom is -0.270 e. The lowest BCUT2D eigenvalue weighted by atomic mass is 10.0. The Kier molecular flexibility index (Phi) is 10.2. The van der Waals surface area contributed by atoms with Crippen molar-refractivity contribution in [2.75, 3.05) is 7.11 Å². The highest BCUT2D eigenvalue weighted by atomic mass is 32.2. The fourth-order valence-electron chi connectivity index (χ4n) is 2.77. The summed E-state index contributed by atoms with van der Waals surface area (Å²) in [6, 6.07) is 7.09. The molecule has 0 atom stereocenters. The Morgan fingerprint density at radius 2 is 1.43 bits per heavy atom. The molecule has 0 amide bonds. The summed E-state index contributed by atoms with van der Waals surface area (Å²) in [5, 5.41) is 0. The molecule has 0 saturated heterocycles. The predicted octanol–water partition coefficient (Wildman–Crippen LogP) is 5.49. The first-order chi connectivity index (χ1) is 11.1. The molecule has 1 aromatic carbocycles. The van der Waals surface area contributed by atoms with Gasteiger partial charge in [-0.15, -0.1) is 0 Å². The lowest BCUT2D eigenvalue weighted by molar-refractivity contribution is 0.397. The van der Waals surface area contributed by atoms with Gasteiger partial charge in [0.1, 0.15) is 0 Å². The van der Waals surface area contributed by atoms with Crippen LogP contribution in [0.25, 0.3) is 0 Å². The molecular weight excluding hydrogens is 308 g/mol. The second-order valence-electron chi connectivity index (χ2n) is 6.20. The summed E-state index contributed by atoms with van der Waals surface area (Å²) >= 11 is 0. The number of hydrogen-bond acceptors (Lipinski definition) is 3. The van der Waals surface area contributed by atoms with Gasteiger partial charge in [0.2, 0.25) is 0 Å². The molecule has 0 aliphatic carbocycles. The molecule has 1 aromatic rings. The predicted molar refractivity (Wildman–Crippen MR) is 96.2 cm³/mol. The van der Waals surface area contributed by atoms with Crippen LogP contribution in [-0.4, -0.2) is 15.5 Å². The van der Waals surface area contributed by atoms with Crippen molar-refractivity contribution < 1.29 is 12.6 Å². The highest BCUT2D eigenvalue weighted by Gasteiger charge is 2.12. The first-order valence-electron chi connectivity index (χ1n) is 8.99. The van der Waals surface area contributed by atoms with Crippen molar-refractivity contribution in [2.24, 2.45) is 0 Å². The maximum absolute atomic E-state index is 11.7. The quantitative estimate of drug-likeness (QED) is 0.352. The van der Waals surface area contributed by atoms with Crippen molar-refractivity contribution in [3.05, 3.63) is 29.8 Å². The minimum atomic E-state index is -3.57. The lowest BCUT2D eigenvalue weighted by Gasteiger charge is -2.05. The lowest BCUT2D eigenvalue weighted by Crippen LogP contribution is -2.03. The highest BCUT2D eigenvalue weighted by molar-refractivity contribution is 7.86. The van der Waals surface area contributed by atoms with Crippen molar-refractivity contribution >= 4 is 10.1 Å². The normalized spacial score (nSPS) is 11.7. The Morgan fingerprint density at radius 3 is 2.00 bits per heavy atom. The molecule has 0 heterocycles. The van der Waals surface area contributed by atoms with Gasteiger partial charge in [-0.2, -0.15) is 8.42 Å². The van der Waals surface area contributed by atoms with Gasteiger partial charge < -0.3 is 0 Å². The van der Waals surface area contributed by atoms with Gasteiger partial charge in [0.25, 0.3) is 10.1 Å². The molecule has 1 rings (SSSR count). The first-order valence-corrected chi connectivity index (χ1v) is 10.4. The maximum atomic E-state index is 11.7. The second-order valence-corrected chi connectivity index (χ2v) is 7.91. The zero-order chi connectivity index (χ0) is 17.0. The van der Waals surface area contributed by atoms with Crippen molar-refractivity contribution in [3.63, 3.8) is 0 Å². The number of aryl methyl sites for hydroxylation is 1. The van der Waals surface area contributed by atoms with Gasteiger partial charge in [0.15, 0.2) is 0 Å². The van der Waals surface area contributed by atoms with Crippen LogP contribution < -0.4 is 0 Å². The van der Waals surface area contributed by atoms with E-state index in [0.717, 1.165) is 18.4 Å². The molecule has 0 aliphatic heterocycles. The van der Waals surface area contributed by atoms with Gasteiger partial charge >= 0.3 is 0 Å². The van der Waals surface area contributed by atoms with Gasteiger partial charge in [-0.25, -0.2) is 0 Å². The van der Waals surface area contributed by atoms with Crippen LogP contribution in [0.5, 0.6) is 0 Å². The largest absolute Gasteiger partial charge is 0.296 e. The third kappa shape index (κ3) is 8.52. The fraction of sp³-hybridized carbons (Fsp3) is 0.684. The average Bonchev–Trinajstić information content (AvgIpc) is 2.57. The van der Waals surface area contributed by atoms with Gasteiger partial charge in [-0.05, 0) is 30.5 Å². The van der Waals surface area contributed by atoms with E-state index in [2.05, 4.69) is 11.1 Å². The van der Waals surface area contributed by atoms with E-state index in [4.69, 9.17) is 0 Å². The van der Waals surface area contributed by atoms with E-state index in [1.54, 1.807) is 18.2 Å². The van der Waals surface area contributed by atoms with Gasteiger partial charge in [0, 0.05) is 0 Å². The maximum Gasteiger partial charge on any atom is 0.296 e. The van der Waals surface area contributed by atoms with Crippen LogP contribution in [0, 0.1) is 0 Å². The summed E-state index contributed by atoms with van der Waals surface area (Å²) in [4.78, 5) is 0.254. The Hall–Kier alpha value is -0.870. The van der Waals surface area contributed by atoms with E-state index >= 15 is 0 Å². The van der Waals surface area contributed by atoms with Crippen LogP contribution >= 0.6 is 0 Å². The number of unbranched alkanes of at least 4 members (excludes halogenated alkanes) is 9. The average molecular weight is 341 g/mol.